The van der Waals surface area contributed by atoms with Crippen LogP contribution in [0.1, 0.15) is 20.8 Å². The van der Waals surface area contributed by atoms with Gasteiger partial charge in [-0.1, -0.05) is 12.2 Å². The summed E-state index contributed by atoms with van der Waals surface area (Å²) in [5.41, 5.74) is 0.863. The van der Waals surface area contributed by atoms with Crippen LogP contribution in [-0.2, 0) is 4.74 Å². The number of ether oxygens (including phenoxy) is 1. The van der Waals surface area contributed by atoms with Gasteiger partial charge in [-0.05, 0) is 33.6 Å². The molecule has 0 aliphatic rings. The van der Waals surface area contributed by atoms with Crippen molar-refractivity contribution in [3.63, 3.8) is 0 Å². The van der Waals surface area contributed by atoms with Gasteiger partial charge >= 0.3 is 0 Å². The Morgan fingerprint density at radius 2 is 2.25 bits per heavy atom. The van der Waals surface area contributed by atoms with Gasteiger partial charge in [0.25, 0.3) is 0 Å². The summed E-state index contributed by atoms with van der Waals surface area (Å²) in [4.78, 5) is 3.83. The number of rotatable bonds is 5. The average molecular weight is 167 g/mol. The first kappa shape index (κ1) is 11.1. The third-order valence-electron chi connectivity index (χ3n) is 1.25. The Kier molecular flexibility index (Phi) is 6.29. The molecule has 0 aliphatic carbocycles. The molecule has 0 rings (SSSR count). The molecule has 0 aromatic carbocycles. The van der Waals surface area contributed by atoms with Crippen LogP contribution in [0.3, 0.4) is 0 Å². The molecule has 0 fully saturated rings. The third-order valence-corrected chi connectivity index (χ3v) is 1.25. The molecule has 0 spiro atoms. The van der Waals surface area contributed by atoms with Crippen LogP contribution in [0.15, 0.2) is 28.9 Å². The van der Waals surface area contributed by atoms with Gasteiger partial charge in [-0.2, -0.15) is 0 Å². The molecular formula is C10H17NO. The highest BCUT2D eigenvalue weighted by atomic mass is 16.5. The molecule has 0 atom stereocenters. The average Bonchev–Trinajstić information content (AvgIpc) is 2.05. The largest absolute Gasteiger partial charge is 0.373 e. The molecule has 0 N–H and O–H groups in total. The Hall–Kier alpha value is -0.890. The summed E-state index contributed by atoms with van der Waals surface area (Å²) in [6, 6.07) is 0. The Labute approximate surface area is 74.7 Å². The van der Waals surface area contributed by atoms with Crippen molar-refractivity contribution < 1.29 is 4.74 Å². The number of nitrogens with zero attached hydrogens (tertiary/aromatic N) is 1. The lowest BCUT2D eigenvalue weighted by atomic mass is 10.4. The first-order valence-electron chi connectivity index (χ1n) is 4.11. The van der Waals surface area contributed by atoms with Crippen LogP contribution in [0, 0.1) is 0 Å². The monoisotopic (exact) mass is 167 g/mol. The zero-order chi connectivity index (χ0) is 9.40. The maximum Gasteiger partial charge on any atom is 0.0891 e. The molecule has 0 aliphatic heterocycles. The van der Waals surface area contributed by atoms with Gasteiger partial charge in [0, 0.05) is 0 Å². The molecule has 0 saturated carbocycles. The quantitative estimate of drug-likeness (QED) is 0.455. The molecule has 0 aromatic heterocycles. The van der Waals surface area contributed by atoms with Gasteiger partial charge in [0.15, 0.2) is 0 Å². The number of allylic oxidation sites excluding steroid dienone is 3. The Morgan fingerprint density at radius 3 is 2.67 bits per heavy atom. The van der Waals surface area contributed by atoms with E-state index in [0.717, 1.165) is 5.70 Å². The van der Waals surface area contributed by atoms with Gasteiger partial charge in [-0.15, -0.1) is 0 Å². The van der Waals surface area contributed by atoms with E-state index in [4.69, 9.17) is 4.74 Å². The van der Waals surface area contributed by atoms with Crippen molar-refractivity contribution in [2.45, 2.75) is 26.9 Å². The van der Waals surface area contributed by atoms with Crippen molar-refractivity contribution in [2.75, 3.05) is 6.61 Å². The van der Waals surface area contributed by atoms with Gasteiger partial charge in [-0.3, -0.25) is 4.99 Å². The van der Waals surface area contributed by atoms with Gasteiger partial charge in [0.05, 0.1) is 18.4 Å². The summed E-state index contributed by atoms with van der Waals surface area (Å²) in [5.74, 6) is 0. The molecule has 0 bridgehead atoms. The maximum atomic E-state index is 5.36. The summed E-state index contributed by atoms with van der Waals surface area (Å²) in [6.45, 7) is 9.94. The summed E-state index contributed by atoms with van der Waals surface area (Å²) in [6.07, 6.45) is 6.00. The number of hydrogen-bond donors (Lipinski definition) is 0. The second-order valence-corrected chi connectivity index (χ2v) is 2.70. The predicted molar refractivity (Wildman–Crippen MR) is 53.5 cm³/mol. The fourth-order valence-electron chi connectivity index (χ4n) is 0.606. The Morgan fingerprint density at radius 1 is 1.58 bits per heavy atom. The first-order chi connectivity index (χ1) is 5.70. The van der Waals surface area contributed by atoms with Gasteiger partial charge in [-0.25, -0.2) is 0 Å². The van der Waals surface area contributed by atoms with Crippen molar-refractivity contribution in [2.24, 2.45) is 4.99 Å². The molecule has 0 unspecified atom stereocenters. The fraction of sp³-hybridized carbons (Fsp3) is 0.500. The molecule has 0 aromatic rings. The van der Waals surface area contributed by atoms with Gasteiger partial charge in [0.2, 0.25) is 0 Å². The van der Waals surface area contributed by atoms with Crippen LogP contribution >= 0.6 is 0 Å². The molecule has 0 saturated heterocycles. The zero-order valence-electron chi connectivity index (χ0n) is 8.08. The summed E-state index contributed by atoms with van der Waals surface area (Å²) >= 11 is 0. The van der Waals surface area contributed by atoms with E-state index in [0.29, 0.717) is 6.61 Å². The van der Waals surface area contributed by atoms with E-state index in [1.165, 1.54) is 0 Å². The van der Waals surface area contributed by atoms with E-state index in [1.807, 2.05) is 39.0 Å². The van der Waals surface area contributed by atoms with Crippen molar-refractivity contribution in [3.8, 4) is 0 Å². The highest BCUT2D eigenvalue weighted by molar-refractivity contribution is 5.30. The minimum absolute atomic E-state index is 0.237. The normalized spacial score (nSPS) is 12.8. The van der Waals surface area contributed by atoms with E-state index in [-0.39, 0.29) is 6.10 Å². The molecule has 0 amide bonds. The summed E-state index contributed by atoms with van der Waals surface area (Å²) < 4.78 is 5.36. The number of hydrogen-bond acceptors (Lipinski definition) is 2. The van der Waals surface area contributed by atoms with Gasteiger partial charge in [0.1, 0.15) is 0 Å². The van der Waals surface area contributed by atoms with E-state index < -0.39 is 0 Å². The molecule has 2 nitrogen and oxygen atoms in total. The van der Waals surface area contributed by atoms with E-state index >= 15 is 0 Å². The van der Waals surface area contributed by atoms with Crippen molar-refractivity contribution in [1.82, 2.24) is 0 Å². The predicted octanol–water partition coefficient (Wildman–Crippen LogP) is 2.57. The van der Waals surface area contributed by atoms with Crippen LogP contribution in [-0.4, -0.2) is 19.4 Å². The minimum atomic E-state index is 0.237. The van der Waals surface area contributed by atoms with E-state index in [2.05, 4.69) is 11.7 Å². The lowest BCUT2D eigenvalue weighted by Crippen LogP contribution is -2.04. The highest BCUT2D eigenvalue weighted by Gasteiger charge is 1.95. The van der Waals surface area contributed by atoms with Gasteiger partial charge < -0.3 is 4.74 Å². The molecule has 12 heavy (non-hydrogen) atoms. The Bertz CT molecular complexity index is 180. The van der Waals surface area contributed by atoms with Crippen molar-refractivity contribution in [3.05, 3.63) is 23.9 Å². The Balaban J connectivity index is 3.91. The van der Waals surface area contributed by atoms with Crippen molar-refractivity contribution >= 4 is 6.72 Å². The lowest BCUT2D eigenvalue weighted by Gasteiger charge is -2.06. The highest BCUT2D eigenvalue weighted by Crippen LogP contribution is 1.99. The third kappa shape index (κ3) is 5.86. The van der Waals surface area contributed by atoms with Crippen molar-refractivity contribution in [1.29, 1.82) is 0 Å². The lowest BCUT2D eigenvalue weighted by molar-refractivity contribution is 0.0969. The summed E-state index contributed by atoms with van der Waals surface area (Å²) in [7, 11) is 0. The topological polar surface area (TPSA) is 21.6 Å². The molecule has 0 radical (unpaired) electrons. The molecule has 2 heteroatoms. The summed E-state index contributed by atoms with van der Waals surface area (Å²) in [5, 5.41) is 0. The molecule has 68 valence electrons. The second kappa shape index (κ2) is 6.80. The number of aliphatic imine (C=N–C) groups is 1. The SMILES string of the molecule is C=N/C(=C\C=C/C)COC(C)C. The smallest absolute Gasteiger partial charge is 0.0891 e. The maximum absolute atomic E-state index is 5.36. The van der Waals surface area contributed by atoms with E-state index in [9.17, 15) is 0 Å². The van der Waals surface area contributed by atoms with Crippen LogP contribution in [0.25, 0.3) is 0 Å². The second-order valence-electron chi connectivity index (χ2n) is 2.70. The van der Waals surface area contributed by atoms with Crippen LogP contribution in [0.2, 0.25) is 0 Å². The minimum Gasteiger partial charge on any atom is -0.373 e. The van der Waals surface area contributed by atoms with Crippen LogP contribution in [0.4, 0.5) is 0 Å². The van der Waals surface area contributed by atoms with Crippen LogP contribution in [0.5, 0.6) is 0 Å². The van der Waals surface area contributed by atoms with E-state index in [1.54, 1.807) is 0 Å². The molecular weight excluding hydrogens is 150 g/mol. The molecule has 0 heterocycles. The zero-order valence-corrected chi connectivity index (χ0v) is 8.08. The first-order valence-corrected chi connectivity index (χ1v) is 4.11. The standard InChI is InChI=1S/C10H17NO/c1-5-6-7-10(11-4)8-12-9(2)3/h5-7,9H,4,8H2,1-3H3/b6-5-,10-7-. The van der Waals surface area contributed by atoms with Crippen LogP contribution < -0.4 is 0 Å². The fourth-order valence-corrected chi connectivity index (χ4v) is 0.606.